The zero-order valence-corrected chi connectivity index (χ0v) is 18.0. The van der Waals surface area contributed by atoms with Crippen LogP contribution >= 0.6 is 0 Å². The van der Waals surface area contributed by atoms with Crippen molar-refractivity contribution in [1.29, 1.82) is 0 Å². The van der Waals surface area contributed by atoms with Gasteiger partial charge in [0.05, 0.1) is 12.1 Å². The SMILES string of the molecule is CNNC(=NC1CCCN(C)C1)/C(=C\N)C(N)c1ccc(Oc2ccccc2F)cc1. The summed E-state index contributed by atoms with van der Waals surface area (Å²) in [6, 6.07) is 13.2. The Hall–Kier alpha value is -2.94. The molecule has 1 fully saturated rings. The number of rotatable bonds is 7. The highest BCUT2D eigenvalue weighted by Gasteiger charge is 2.21. The van der Waals surface area contributed by atoms with Crippen LogP contribution in [0.3, 0.4) is 0 Å². The van der Waals surface area contributed by atoms with E-state index in [0.29, 0.717) is 17.2 Å². The predicted molar refractivity (Wildman–Crippen MR) is 122 cm³/mol. The van der Waals surface area contributed by atoms with Crippen molar-refractivity contribution >= 4 is 5.84 Å². The summed E-state index contributed by atoms with van der Waals surface area (Å²) in [5.74, 6) is 0.910. The second kappa shape index (κ2) is 10.9. The zero-order chi connectivity index (χ0) is 22.2. The molecule has 166 valence electrons. The number of para-hydroxylation sites is 1. The average Bonchev–Trinajstić information content (AvgIpc) is 2.76. The van der Waals surface area contributed by atoms with Crippen LogP contribution in [0.4, 0.5) is 4.39 Å². The first-order valence-corrected chi connectivity index (χ1v) is 10.4. The van der Waals surface area contributed by atoms with E-state index in [2.05, 4.69) is 22.8 Å². The third kappa shape index (κ3) is 6.04. The molecule has 0 radical (unpaired) electrons. The zero-order valence-electron chi connectivity index (χ0n) is 18.0. The van der Waals surface area contributed by atoms with Gasteiger partial charge in [-0.05, 0) is 56.3 Å². The molecule has 2 unspecified atom stereocenters. The number of likely N-dealkylation sites (N-methyl/N-ethyl adjacent to an activating group) is 1. The van der Waals surface area contributed by atoms with E-state index in [1.807, 2.05) is 12.1 Å². The van der Waals surface area contributed by atoms with E-state index < -0.39 is 11.9 Å². The van der Waals surface area contributed by atoms with Crippen LogP contribution in [0.25, 0.3) is 0 Å². The molecule has 0 aliphatic carbocycles. The predicted octanol–water partition coefficient (Wildman–Crippen LogP) is 2.68. The molecule has 7 nitrogen and oxygen atoms in total. The Balaban J connectivity index is 1.76. The number of nitrogens with one attached hydrogen (secondary N) is 2. The first-order valence-electron chi connectivity index (χ1n) is 10.4. The first-order chi connectivity index (χ1) is 15.0. The summed E-state index contributed by atoms with van der Waals surface area (Å²) in [5, 5.41) is 0. The third-order valence-corrected chi connectivity index (χ3v) is 5.25. The van der Waals surface area contributed by atoms with Gasteiger partial charge in [0.25, 0.3) is 0 Å². The normalized spacial score (nSPS) is 19.2. The van der Waals surface area contributed by atoms with Crippen LogP contribution in [-0.4, -0.2) is 44.0 Å². The van der Waals surface area contributed by atoms with Gasteiger partial charge in [-0.25, -0.2) is 9.82 Å². The average molecular weight is 427 g/mol. The van der Waals surface area contributed by atoms with Gasteiger partial charge in [0.1, 0.15) is 11.6 Å². The van der Waals surface area contributed by atoms with Gasteiger partial charge in [-0.2, -0.15) is 0 Å². The summed E-state index contributed by atoms with van der Waals surface area (Å²) >= 11 is 0. The van der Waals surface area contributed by atoms with Gasteiger partial charge in [0, 0.05) is 25.4 Å². The van der Waals surface area contributed by atoms with E-state index in [0.717, 1.165) is 31.5 Å². The Morgan fingerprint density at radius 1 is 1.26 bits per heavy atom. The summed E-state index contributed by atoms with van der Waals surface area (Å²) in [6.45, 7) is 1.98. The van der Waals surface area contributed by atoms with Gasteiger partial charge in [0.15, 0.2) is 11.6 Å². The second-order valence-corrected chi connectivity index (χ2v) is 7.61. The lowest BCUT2D eigenvalue weighted by Crippen LogP contribution is -2.41. The van der Waals surface area contributed by atoms with Gasteiger partial charge in [-0.3, -0.25) is 4.99 Å². The van der Waals surface area contributed by atoms with E-state index in [9.17, 15) is 4.39 Å². The summed E-state index contributed by atoms with van der Waals surface area (Å²) in [6.07, 6.45) is 3.62. The molecule has 1 aliphatic rings. The number of hydrogen-bond donors (Lipinski definition) is 4. The molecule has 0 bridgehead atoms. The quantitative estimate of drug-likeness (QED) is 0.309. The minimum atomic E-state index is -0.492. The molecule has 0 aromatic heterocycles. The number of halogens is 1. The van der Waals surface area contributed by atoms with Gasteiger partial charge in [-0.15, -0.1) is 0 Å². The highest BCUT2D eigenvalue weighted by molar-refractivity contribution is 5.99. The van der Waals surface area contributed by atoms with E-state index >= 15 is 0 Å². The Bertz CT molecular complexity index is 915. The van der Waals surface area contributed by atoms with Crippen LogP contribution in [-0.2, 0) is 0 Å². The molecule has 0 amide bonds. The lowest BCUT2D eigenvalue weighted by atomic mass is 9.98. The lowest BCUT2D eigenvalue weighted by molar-refractivity contribution is 0.252. The van der Waals surface area contributed by atoms with Crippen LogP contribution in [0.1, 0.15) is 24.4 Å². The van der Waals surface area contributed by atoms with Crippen molar-refractivity contribution in [3.63, 3.8) is 0 Å². The highest BCUT2D eigenvalue weighted by Crippen LogP contribution is 2.27. The maximum Gasteiger partial charge on any atom is 0.165 e. The van der Waals surface area contributed by atoms with E-state index in [4.69, 9.17) is 21.2 Å². The number of piperidine rings is 1. The number of nitrogens with two attached hydrogens (primary N) is 2. The molecule has 1 saturated heterocycles. The number of nitrogens with zero attached hydrogens (tertiary/aromatic N) is 2. The van der Waals surface area contributed by atoms with E-state index in [1.165, 1.54) is 12.3 Å². The molecule has 1 heterocycles. The molecule has 31 heavy (non-hydrogen) atoms. The Kier molecular flexibility index (Phi) is 8.00. The third-order valence-electron chi connectivity index (χ3n) is 5.25. The van der Waals surface area contributed by atoms with Crippen molar-refractivity contribution < 1.29 is 9.13 Å². The van der Waals surface area contributed by atoms with Crippen LogP contribution in [0, 0.1) is 5.82 Å². The number of benzene rings is 2. The molecule has 2 aromatic rings. The van der Waals surface area contributed by atoms with Crippen LogP contribution in [0.15, 0.2) is 65.3 Å². The number of hydrazine groups is 1. The number of aliphatic imine (C=N–C) groups is 1. The Morgan fingerprint density at radius 3 is 2.65 bits per heavy atom. The Morgan fingerprint density at radius 2 is 2.00 bits per heavy atom. The monoisotopic (exact) mass is 426 g/mol. The number of amidine groups is 1. The minimum absolute atomic E-state index is 0.173. The molecule has 2 aromatic carbocycles. The number of ether oxygens (including phenoxy) is 1. The summed E-state index contributed by atoms with van der Waals surface area (Å²) in [5.41, 5.74) is 20.0. The summed E-state index contributed by atoms with van der Waals surface area (Å²) in [7, 11) is 3.88. The van der Waals surface area contributed by atoms with Crippen molar-refractivity contribution in [3.05, 3.63) is 71.7 Å². The standard InChI is InChI=1S/C23H31FN6O/c1-27-29-23(28-17-6-5-13-30(2)15-17)19(14-25)22(26)16-9-11-18(12-10-16)31-21-8-4-3-7-20(21)24/h3-4,7-12,14,17,22,27H,5-6,13,15,25-26H2,1-2H3,(H,28,29)/b19-14-. The highest BCUT2D eigenvalue weighted by atomic mass is 19.1. The molecule has 2 atom stereocenters. The van der Waals surface area contributed by atoms with Gasteiger partial charge in [-0.1, -0.05) is 24.3 Å². The topological polar surface area (TPSA) is 101 Å². The van der Waals surface area contributed by atoms with E-state index in [-0.39, 0.29) is 11.8 Å². The molecule has 1 aliphatic heterocycles. The van der Waals surface area contributed by atoms with Crippen molar-refractivity contribution in [2.75, 3.05) is 27.2 Å². The maximum absolute atomic E-state index is 13.8. The Labute approximate surface area is 182 Å². The number of likely N-dealkylation sites (tertiary alicyclic amines) is 1. The van der Waals surface area contributed by atoms with Crippen molar-refractivity contribution in [1.82, 2.24) is 15.8 Å². The fourth-order valence-electron chi connectivity index (χ4n) is 3.63. The lowest BCUT2D eigenvalue weighted by Gasteiger charge is -2.28. The van der Waals surface area contributed by atoms with Crippen LogP contribution in [0.2, 0.25) is 0 Å². The molecule has 0 spiro atoms. The molecule has 8 heteroatoms. The van der Waals surface area contributed by atoms with Gasteiger partial charge in [0.2, 0.25) is 0 Å². The summed E-state index contributed by atoms with van der Waals surface area (Å²) < 4.78 is 19.4. The maximum atomic E-state index is 13.8. The summed E-state index contributed by atoms with van der Waals surface area (Å²) in [4.78, 5) is 7.16. The van der Waals surface area contributed by atoms with Crippen molar-refractivity contribution in [2.24, 2.45) is 16.5 Å². The second-order valence-electron chi connectivity index (χ2n) is 7.61. The fraction of sp³-hybridized carbons (Fsp3) is 0.348. The molecular formula is C23H31FN6O. The van der Waals surface area contributed by atoms with Crippen LogP contribution in [0.5, 0.6) is 11.5 Å². The van der Waals surface area contributed by atoms with Gasteiger partial charge < -0.3 is 26.5 Å². The molecule has 6 N–H and O–H groups in total. The molecule has 0 saturated carbocycles. The number of hydrogen-bond acceptors (Lipinski definition) is 6. The van der Waals surface area contributed by atoms with Gasteiger partial charge >= 0.3 is 0 Å². The minimum Gasteiger partial charge on any atom is -0.454 e. The first kappa shape index (κ1) is 22.7. The molecular weight excluding hydrogens is 395 g/mol. The van der Waals surface area contributed by atoms with Crippen molar-refractivity contribution in [3.8, 4) is 11.5 Å². The molecule has 3 rings (SSSR count). The largest absolute Gasteiger partial charge is 0.454 e. The smallest absolute Gasteiger partial charge is 0.165 e. The van der Waals surface area contributed by atoms with E-state index in [1.54, 1.807) is 37.4 Å². The fourth-order valence-corrected chi connectivity index (χ4v) is 3.63. The van der Waals surface area contributed by atoms with Crippen molar-refractivity contribution in [2.45, 2.75) is 24.9 Å². The van der Waals surface area contributed by atoms with Crippen LogP contribution < -0.4 is 27.1 Å².